The molecule has 0 aliphatic rings. The van der Waals surface area contributed by atoms with Crippen LogP contribution in [-0.4, -0.2) is 32.8 Å². The van der Waals surface area contributed by atoms with Gasteiger partial charge in [0.05, 0.1) is 17.5 Å². The van der Waals surface area contributed by atoms with E-state index in [0.717, 1.165) is 10.4 Å². The van der Waals surface area contributed by atoms with E-state index in [4.69, 9.17) is 16.3 Å². The Morgan fingerprint density at radius 2 is 1.87 bits per heavy atom. The van der Waals surface area contributed by atoms with Crippen LogP contribution >= 0.6 is 22.9 Å². The third kappa shape index (κ3) is 5.46. The number of thiophene rings is 1. The smallest absolute Gasteiger partial charge is 0.251 e. The maximum Gasteiger partial charge on any atom is 0.251 e. The van der Waals surface area contributed by atoms with Gasteiger partial charge in [0.15, 0.2) is 0 Å². The van der Waals surface area contributed by atoms with E-state index in [-0.39, 0.29) is 34.7 Å². The monoisotopic (exact) mass is 478 g/mol. The number of halogens is 1. The van der Waals surface area contributed by atoms with Crippen LogP contribution in [0.5, 0.6) is 5.75 Å². The Morgan fingerprint density at radius 3 is 2.48 bits per heavy atom. The summed E-state index contributed by atoms with van der Waals surface area (Å²) in [5, 5.41) is 2.87. The molecule has 1 atom stereocenters. The highest BCUT2D eigenvalue weighted by molar-refractivity contribution is 7.89. The molecule has 0 bridgehead atoms. The molecule has 1 unspecified atom stereocenters. The number of nitrogens with one attached hydrogen (secondary N) is 1. The zero-order valence-corrected chi connectivity index (χ0v) is 19.7. The van der Waals surface area contributed by atoms with Crippen LogP contribution in [0.3, 0.4) is 0 Å². The quantitative estimate of drug-likeness (QED) is 0.508. The summed E-state index contributed by atoms with van der Waals surface area (Å²) < 4.78 is 33.6. The molecule has 1 amide bonds. The Kier molecular flexibility index (Phi) is 7.38. The molecule has 1 heterocycles. The first kappa shape index (κ1) is 23.3. The maximum absolute atomic E-state index is 13.2. The van der Waals surface area contributed by atoms with Crippen molar-refractivity contribution in [1.29, 1.82) is 0 Å². The summed E-state index contributed by atoms with van der Waals surface area (Å²) in [6.45, 7) is 2.04. The first-order chi connectivity index (χ1) is 14.7. The van der Waals surface area contributed by atoms with Crippen LogP contribution in [0.2, 0.25) is 4.34 Å². The van der Waals surface area contributed by atoms with Gasteiger partial charge in [-0.3, -0.25) is 4.79 Å². The highest BCUT2D eigenvalue weighted by atomic mass is 35.5. The highest BCUT2D eigenvalue weighted by Crippen LogP contribution is 2.29. The number of carbonyl (C=O) groups excluding carboxylic acids is 1. The lowest BCUT2D eigenvalue weighted by atomic mass is 10.2. The van der Waals surface area contributed by atoms with Crippen LogP contribution < -0.4 is 10.1 Å². The molecule has 0 saturated carbocycles. The van der Waals surface area contributed by atoms with E-state index in [1.165, 1.54) is 41.9 Å². The number of methoxy groups -OCH3 is 1. The molecule has 6 nitrogen and oxygen atoms in total. The summed E-state index contributed by atoms with van der Waals surface area (Å²) in [4.78, 5) is 13.6. The zero-order valence-electron chi connectivity index (χ0n) is 17.3. The van der Waals surface area contributed by atoms with Crippen molar-refractivity contribution < 1.29 is 17.9 Å². The Morgan fingerprint density at radius 1 is 1.16 bits per heavy atom. The number of nitrogens with zero attached hydrogens (tertiary/aromatic N) is 1. The van der Waals surface area contributed by atoms with Gasteiger partial charge in [0, 0.05) is 24.0 Å². The fourth-order valence-corrected chi connectivity index (χ4v) is 5.42. The van der Waals surface area contributed by atoms with Crippen molar-refractivity contribution in [3.05, 3.63) is 81.0 Å². The standard InChI is InChI=1S/C22H23ClN2O4S2/c1-15(19-11-12-21(23)30-19)24-22(26)17-9-10-18(29-3)20(13-17)31(27,28)25(2)14-16-7-5-4-6-8-16/h4-13,15H,14H2,1-3H3,(H,24,26). The van der Waals surface area contributed by atoms with Gasteiger partial charge in [-0.15, -0.1) is 11.3 Å². The van der Waals surface area contributed by atoms with Crippen LogP contribution in [0.15, 0.2) is 65.6 Å². The molecule has 0 spiro atoms. The van der Waals surface area contributed by atoms with E-state index < -0.39 is 10.0 Å². The molecule has 3 aromatic rings. The van der Waals surface area contributed by atoms with E-state index >= 15 is 0 Å². The maximum atomic E-state index is 13.2. The minimum absolute atomic E-state index is 0.0621. The fraction of sp³-hybridized carbons (Fsp3) is 0.227. The summed E-state index contributed by atoms with van der Waals surface area (Å²) in [5.41, 5.74) is 1.08. The summed E-state index contributed by atoms with van der Waals surface area (Å²) in [6.07, 6.45) is 0. The lowest BCUT2D eigenvalue weighted by molar-refractivity contribution is 0.0940. The summed E-state index contributed by atoms with van der Waals surface area (Å²) in [5.74, 6) is -0.212. The van der Waals surface area contributed by atoms with Crippen LogP contribution in [0.1, 0.15) is 33.8 Å². The Balaban J connectivity index is 1.86. The van der Waals surface area contributed by atoms with Crippen molar-refractivity contribution >= 4 is 38.9 Å². The molecule has 0 aliphatic carbocycles. The third-order valence-corrected chi connectivity index (χ3v) is 7.97. The van der Waals surface area contributed by atoms with Gasteiger partial charge in [-0.05, 0) is 42.8 Å². The van der Waals surface area contributed by atoms with E-state index in [1.54, 1.807) is 12.1 Å². The molecule has 3 rings (SSSR count). The minimum atomic E-state index is -3.90. The molecule has 0 fully saturated rings. The minimum Gasteiger partial charge on any atom is -0.495 e. The molecular formula is C22H23ClN2O4S2. The molecule has 164 valence electrons. The number of hydrogen-bond donors (Lipinski definition) is 1. The Labute approximate surface area is 191 Å². The molecule has 1 N–H and O–H groups in total. The first-order valence-electron chi connectivity index (χ1n) is 9.46. The number of carbonyl (C=O) groups is 1. The zero-order chi connectivity index (χ0) is 22.6. The van der Waals surface area contributed by atoms with Crippen LogP contribution in [0.4, 0.5) is 0 Å². The second-order valence-corrected chi connectivity index (χ2v) is 10.7. The van der Waals surface area contributed by atoms with Crippen LogP contribution in [0, 0.1) is 0 Å². The largest absolute Gasteiger partial charge is 0.495 e. The molecule has 0 aliphatic heterocycles. The van der Waals surface area contributed by atoms with Gasteiger partial charge in [-0.25, -0.2) is 8.42 Å². The topological polar surface area (TPSA) is 75.7 Å². The number of sulfonamides is 1. The second kappa shape index (κ2) is 9.82. The van der Waals surface area contributed by atoms with E-state index in [1.807, 2.05) is 43.3 Å². The average Bonchev–Trinajstić information content (AvgIpc) is 3.20. The number of rotatable bonds is 8. The molecule has 1 aromatic heterocycles. The normalized spacial score (nSPS) is 12.5. The van der Waals surface area contributed by atoms with Gasteiger partial charge in [-0.2, -0.15) is 4.31 Å². The molecule has 9 heteroatoms. The van der Waals surface area contributed by atoms with Crippen molar-refractivity contribution in [3.8, 4) is 5.75 Å². The van der Waals surface area contributed by atoms with E-state index in [9.17, 15) is 13.2 Å². The van der Waals surface area contributed by atoms with E-state index in [0.29, 0.717) is 4.34 Å². The van der Waals surface area contributed by atoms with E-state index in [2.05, 4.69) is 5.32 Å². The molecule has 0 saturated heterocycles. The lowest BCUT2D eigenvalue weighted by Gasteiger charge is -2.20. The number of benzene rings is 2. The van der Waals surface area contributed by atoms with Gasteiger partial charge in [0.25, 0.3) is 5.91 Å². The van der Waals surface area contributed by atoms with Crippen LogP contribution in [-0.2, 0) is 16.6 Å². The van der Waals surface area contributed by atoms with Gasteiger partial charge in [0.2, 0.25) is 10.0 Å². The van der Waals surface area contributed by atoms with Crippen molar-refractivity contribution in [1.82, 2.24) is 9.62 Å². The number of ether oxygens (including phenoxy) is 1. The van der Waals surface area contributed by atoms with Crippen LogP contribution in [0.25, 0.3) is 0 Å². The summed E-state index contributed by atoms with van der Waals surface area (Å²) in [6, 6.07) is 17.0. The summed E-state index contributed by atoms with van der Waals surface area (Å²) >= 11 is 7.35. The third-order valence-electron chi connectivity index (χ3n) is 4.73. The van der Waals surface area contributed by atoms with Gasteiger partial charge in [-0.1, -0.05) is 41.9 Å². The Hall–Kier alpha value is -2.39. The molecular weight excluding hydrogens is 456 g/mol. The molecule has 2 aromatic carbocycles. The number of amides is 1. The predicted molar refractivity (Wildman–Crippen MR) is 123 cm³/mol. The fourth-order valence-electron chi connectivity index (χ4n) is 3.03. The Bertz CT molecular complexity index is 1160. The van der Waals surface area contributed by atoms with Gasteiger partial charge < -0.3 is 10.1 Å². The van der Waals surface area contributed by atoms with Crippen molar-refractivity contribution in [2.24, 2.45) is 0 Å². The molecule has 0 radical (unpaired) electrons. The van der Waals surface area contributed by atoms with Gasteiger partial charge in [0.1, 0.15) is 10.6 Å². The first-order valence-corrected chi connectivity index (χ1v) is 12.1. The highest BCUT2D eigenvalue weighted by Gasteiger charge is 2.26. The van der Waals surface area contributed by atoms with Crippen molar-refractivity contribution in [3.63, 3.8) is 0 Å². The average molecular weight is 479 g/mol. The molecule has 31 heavy (non-hydrogen) atoms. The van der Waals surface area contributed by atoms with Gasteiger partial charge >= 0.3 is 0 Å². The van der Waals surface area contributed by atoms with Crippen molar-refractivity contribution in [2.45, 2.75) is 24.4 Å². The predicted octanol–water partition coefficient (Wildman–Crippen LogP) is 4.72. The number of hydrogen-bond acceptors (Lipinski definition) is 5. The lowest BCUT2D eigenvalue weighted by Crippen LogP contribution is -2.28. The summed E-state index contributed by atoms with van der Waals surface area (Å²) in [7, 11) is -1.01. The second-order valence-electron chi connectivity index (χ2n) is 6.95. The van der Waals surface area contributed by atoms with Crippen molar-refractivity contribution in [2.75, 3.05) is 14.2 Å². The SMILES string of the molecule is COc1ccc(C(=O)NC(C)c2ccc(Cl)s2)cc1S(=O)(=O)N(C)Cc1ccccc1.